The average molecular weight is 653 g/mol. The van der Waals surface area contributed by atoms with Gasteiger partial charge < -0.3 is 0 Å². The van der Waals surface area contributed by atoms with Crippen LogP contribution in [-0.4, -0.2) is 79.3 Å². The largest absolute Gasteiger partial charge is 0.376 e. The van der Waals surface area contributed by atoms with Crippen LogP contribution in [0.15, 0.2) is 0 Å². The second kappa shape index (κ2) is 32.6. The van der Waals surface area contributed by atoms with Gasteiger partial charge in [0.05, 0.1) is 0 Å². The zero-order valence-electron chi connectivity index (χ0n) is 32.9. The third kappa shape index (κ3) is 19.0. The molecular weight excluding hydrogens is 565 g/mol. The standard InChI is InChI=1S/C40H88N4Si/c1-9-17-25-33-41(34-26-18-10-2)45(42(35-27-19-11-3)36-28-20-12-4,43(37-29-21-13-5)38-30-22-14-6)44(39-31-23-15-7)40-32-24-16-8/h9-40H2,1-8H3. The summed E-state index contributed by atoms with van der Waals surface area (Å²) in [5.74, 6) is 0. The Morgan fingerprint density at radius 2 is 0.356 bits per heavy atom. The molecule has 5 heteroatoms. The minimum absolute atomic E-state index is 1.30. The smallest absolute Gasteiger partial charge is 0.287 e. The molecular formula is C40H88N4Si. The zero-order valence-corrected chi connectivity index (χ0v) is 33.9. The fraction of sp³-hybridized carbons (Fsp3) is 1.00. The van der Waals surface area contributed by atoms with Gasteiger partial charge >= 0.3 is 8.72 Å². The van der Waals surface area contributed by atoms with Gasteiger partial charge in [0.15, 0.2) is 0 Å². The molecule has 0 saturated carbocycles. The zero-order chi connectivity index (χ0) is 33.4. The molecule has 0 bridgehead atoms. The summed E-state index contributed by atoms with van der Waals surface area (Å²) in [5.41, 5.74) is 0. The number of unbranched alkanes of at least 4 members (excludes halogenated alkanes) is 16. The van der Waals surface area contributed by atoms with E-state index in [4.69, 9.17) is 0 Å². The van der Waals surface area contributed by atoms with Crippen molar-refractivity contribution in [3.63, 3.8) is 0 Å². The van der Waals surface area contributed by atoms with E-state index in [2.05, 4.69) is 73.7 Å². The summed E-state index contributed by atoms with van der Waals surface area (Å²) in [5, 5.41) is 0. The van der Waals surface area contributed by atoms with Crippen molar-refractivity contribution in [1.29, 1.82) is 0 Å². The van der Waals surface area contributed by atoms with Crippen molar-refractivity contribution in [2.45, 2.75) is 209 Å². The molecule has 0 aliphatic rings. The van der Waals surface area contributed by atoms with E-state index in [1.165, 1.54) is 206 Å². The van der Waals surface area contributed by atoms with Crippen molar-refractivity contribution in [2.75, 3.05) is 52.4 Å². The molecule has 45 heavy (non-hydrogen) atoms. The first-order chi connectivity index (χ1) is 22.1. The SMILES string of the molecule is CCCCCN(CCCCC)[Si](N(CCCCC)CCCCC)(N(CCCCC)CCCCC)N(CCCCC)CCCCC. The molecule has 0 spiro atoms. The first kappa shape index (κ1) is 45.1. The normalized spacial score (nSPS) is 12.5. The van der Waals surface area contributed by atoms with Gasteiger partial charge in [-0.15, -0.1) is 0 Å². The molecule has 0 amide bonds. The Bertz CT molecular complexity index is 447. The van der Waals surface area contributed by atoms with Gasteiger partial charge in [0, 0.05) is 0 Å². The third-order valence-corrected chi connectivity index (χ3v) is 15.1. The summed E-state index contributed by atoms with van der Waals surface area (Å²) in [4.78, 5) is 0. The number of hydrogen-bond acceptors (Lipinski definition) is 4. The third-order valence-electron chi connectivity index (χ3n) is 9.95. The molecule has 0 saturated heterocycles. The van der Waals surface area contributed by atoms with Crippen LogP contribution in [-0.2, 0) is 0 Å². The van der Waals surface area contributed by atoms with Crippen LogP contribution in [0.4, 0.5) is 0 Å². The number of rotatable bonds is 36. The van der Waals surface area contributed by atoms with Gasteiger partial charge in [-0.25, -0.2) is 0 Å². The van der Waals surface area contributed by atoms with Crippen molar-refractivity contribution in [2.24, 2.45) is 0 Å². The lowest BCUT2D eigenvalue weighted by Crippen LogP contribution is -2.84. The Labute approximate surface area is 288 Å². The molecule has 0 atom stereocenters. The van der Waals surface area contributed by atoms with E-state index in [9.17, 15) is 0 Å². The average Bonchev–Trinajstić information content (AvgIpc) is 3.04. The van der Waals surface area contributed by atoms with Crippen molar-refractivity contribution >= 4 is 8.72 Å². The van der Waals surface area contributed by atoms with Crippen molar-refractivity contribution in [3.8, 4) is 0 Å². The van der Waals surface area contributed by atoms with Crippen LogP contribution in [0.3, 0.4) is 0 Å². The van der Waals surface area contributed by atoms with Gasteiger partial charge in [-0.3, -0.25) is 18.3 Å². The number of hydrogen-bond donors (Lipinski definition) is 0. The second-order valence-corrected chi connectivity index (χ2v) is 17.9. The summed E-state index contributed by atoms with van der Waals surface area (Å²) in [6.07, 6.45) is 32.5. The predicted octanol–water partition coefficient (Wildman–Crippen LogP) is 12.2. The maximum atomic E-state index is 3.24. The van der Waals surface area contributed by atoms with E-state index in [1.807, 2.05) is 0 Å². The Balaban J connectivity index is 7.55. The highest BCUT2D eigenvalue weighted by atomic mass is 28.4. The van der Waals surface area contributed by atoms with Crippen molar-refractivity contribution in [1.82, 2.24) is 18.3 Å². The minimum atomic E-state index is -2.38. The monoisotopic (exact) mass is 653 g/mol. The Morgan fingerprint density at radius 1 is 0.222 bits per heavy atom. The summed E-state index contributed by atoms with van der Waals surface area (Å²) >= 11 is 0. The molecule has 0 unspecified atom stereocenters. The van der Waals surface area contributed by atoms with Crippen LogP contribution in [0.1, 0.15) is 209 Å². The van der Waals surface area contributed by atoms with Gasteiger partial charge in [-0.1, -0.05) is 158 Å². The van der Waals surface area contributed by atoms with E-state index in [1.54, 1.807) is 0 Å². The van der Waals surface area contributed by atoms with Crippen LogP contribution < -0.4 is 0 Å². The first-order valence-corrected chi connectivity index (χ1v) is 22.9. The summed E-state index contributed by atoms with van der Waals surface area (Å²) < 4.78 is 13.0. The Hall–Kier alpha value is 0.0569. The van der Waals surface area contributed by atoms with Gasteiger partial charge in [0.1, 0.15) is 0 Å². The highest BCUT2D eigenvalue weighted by Crippen LogP contribution is 2.31. The molecule has 0 heterocycles. The summed E-state index contributed by atoms with van der Waals surface area (Å²) in [6.45, 7) is 29.6. The van der Waals surface area contributed by atoms with Crippen LogP contribution in [0.2, 0.25) is 0 Å². The van der Waals surface area contributed by atoms with Crippen molar-refractivity contribution in [3.05, 3.63) is 0 Å². The molecule has 272 valence electrons. The molecule has 0 aromatic heterocycles. The summed E-state index contributed by atoms with van der Waals surface area (Å²) in [7, 11) is -2.38. The fourth-order valence-electron chi connectivity index (χ4n) is 7.27. The van der Waals surface area contributed by atoms with Gasteiger partial charge in [0.25, 0.3) is 0 Å². The van der Waals surface area contributed by atoms with E-state index in [0.29, 0.717) is 0 Å². The van der Waals surface area contributed by atoms with E-state index >= 15 is 0 Å². The van der Waals surface area contributed by atoms with Crippen LogP contribution in [0.5, 0.6) is 0 Å². The summed E-state index contributed by atoms with van der Waals surface area (Å²) in [6, 6.07) is 0. The maximum Gasteiger partial charge on any atom is 0.376 e. The quantitative estimate of drug-likeness (QED) is 0.0493. The maximum absolute atomic E-state index is 3.24. The lowest BCUT2D eigenvalue weighted by atomic mass is 10.2. The van der Waals surface area contributed by atoms with E-state index < -0.39 is 8.72 Å². The molecule has 0 aromatic carbocycles. The lowest BCUT2D eigenvalue weighted by molar-refractivity contribution is 0.151. The van der Waals surface area contributed by atoms with E-state index in [-0.39, 0.29) is 0 Å². The van der Waals surface area contributed by atoms with Crippen LogP contribution >= 0.6 is 0 Å². The Morgan fingerprint density at radius 3 is 0.467 bits per heavy atom. The topological polar surface area (TPSA) is 13.0 Å². The molecule has 0 N–H and O–H groups in total. The lowest BCUT2D eigenvalue weighted by Gasteiger charge is -2.59. The van der Waals surface area contributed by atoms with E-state index in [0.717, 1.165) is 0 Å². The number of nitrogens with zero attached hydrogens (tertiary/aromatic N) is 4. The molecule has 0 aromatic rings. The highest BCUT2D eigenvalue weighted by molar-refractivity contribution is 6.69. The molecule has 4 nitrogen and oxygen atoms in total. The molecule has 0 aliphatic carbocycles. The molecule has 0 fully saturated rings. The predicted molar refractivity (Wildman–Crippen MR) is 208 cm³/mol. The van der Waals surface area contributed by atoms with Gasteiger partial charge in [-0.05, 0) is 104 Å². The minimum Gasteiger partial charge on any atom is -0.287 e. The molecule has 0 radical (unpaired) electrons. The van der Waals surface area contributed by atoms with Gasteiger partial charge in [-0.2, -0.15) is 0 Å². The first-order valence-electron chi connectivity index (χ1n) is 21.1. The van der Waals surface area contributed by atoms with Crippen LogP contribution in [0.25, 0.3) is 0 Å². The van der Waals surface area contributed by atoms with Gasteiger partial charge in [0.2, 0.25) is 0 Å². The molecule has 0 rings (SSSR count). The molecule has 0 aliphatic heterocycles. The second-order valence-electron chi connectivity index (χ2n) is 14.2. The van der Waals surface area contributed by atoms with Crippen molar-refractivity contribution < 1.29 is 0 Å². The fourth-order valence-corrected chi connectivity index (χ4v) is 13.3. The highest BCUT2D eigenvalue weighted by Gasteiger charge is 2.55. The Kier molecular flexibility index (Phi) is 32.6. The van der Waals surface area contributed by atoms with Crippen LogP contribution in [0, 0.1) is 0 Å².